The lowest BCUT2D eigenvalue weighted by Gasteiger charge is -2.13. The van der Waals surface area contributed by atoms with Gasteiger partial charge in [-0.25, -0.2) is 0 Å². The van der Waals surface area contributed by atoms with E-state index in [4.69, 9.17) is 14.2 Å². The number of benzene rings is 1. The van der Waals surface area contributed by atoms with Crippen molar-refractivity contribution in [1.82, 2.24) is 0 Å². The molecule has 84 valence electrons. The molecule has 1 aliphatic rings. The Labute approximate surface area is 93.4 Å². The van der Waals surface area contributed by atoms with Gasteiger partial charge in [0.15, 0.2) is 11.5 Å². The van der Waals surface area contributed by atoms with E-state index in [-0.39, 0.29) is 12.8 Å². The van der Waals surface area contributed by atoms with Crippen molar-refractivity contribution < 1.29 is 19.0 Å². The van der Waals surface area contributed by atoms with Gasteiger partial charge in [0.05, 0.1) is 0 Å². The molecule has 0 spiro atoms. The lowest BCUT2D eigenvalue weighted by molar-refractivity contribution is -0.144. The number of carbonyl (C=O) groups is 1. The summed E-state index contributed by atoms with van der Waals surface area (Å²) in [7, 11) is 0. The molecule has 2 rings (SSSR count). The molecule has 16 heavy (non-hydrogen) atoms. The van der Waals surface area contributed by atoms with Gasteiger partial charge >= 0.3 is 5.97 Å². The van der Waals surface area contributed by atoms with E-state index in [1.807, 2.05) is 6.07 Å². The number of ether oxygens (including phenoxy) is 3. The van der Waals surface area contributed by atoms with Crippen molar-refractivity contribution >= 4 is 5.97 Å². The molecule has 0 saturated heterocycles. The fourth-order valence-electron chi connectivity index (χ4n) is 1.52. The predicted octanol–water partition coefficient (Wildman–Crippen LogP) is 2.21. The number of hydrogen-bond donors (Lipinski definition) is 0. The van der Waals surface area contributed by atoms with Gasteiger partial charge in [0, 0.05) is 12.5 Å². The molecule has 1 aromatic carbocycles. The third-order valence-electron chi connectivity index (χ3n) is 2.23. The van der Waals surface area contributed by atoms with Crippen LogP contribution in [0.1, 0.15) is 18.6 Å². The number of rotatable bonds is 3. The van der Waals surface area contributed by atoms with E-state index in [9.17, 15) is 4.79 Å². The maximum absolute atomic E-state index is 10.9. The predicted molar refractivity (Wildman–Crippen MR) is 57.3 cm³/mol. The molecular formula is C12H12O4. The first-order valence-corrected chi connectivity index (χ1v) is 4.90. The third-order valence-corrected chi connectivity index (χ3v) is 2.23. The number of hydrogen-bond acceptors (Lipinski definition) is 4. The zero-order valence-corrected chi connectivity index (χ0v) is 8.93. The van der Waals surface area contributed by atoms with Crippen LogP contribution in [0.25, 0.3) is 0 Å². The van der Waals surface area contributed by atoms with Crippen LogP contribution in [0, 0.1) is 0 Å². The highest BCUT2D eigenvalue weighted by Crippen LogP contribution is 2.35. The smallest absolute Gasteiger partial charge is 0.303 e. The number of carbonyl (C=O) groups excluding carboxylic acids is 1. The molecule has 0 unspecified atom stereocenters. The summed E-state index contributed by atoms with van der Waals surface area (Å²) in [6, 6.07) is 5.40. The molecule has 1 atom stereocenters. The van der Waals surface area contributed by atoms with E-state index in [2.05, 4.69) is 6.58 Å². The van der Waals surface area contributed by atoms with Crippen LogP contribution >= 0.6 is 0 Å². The Bertz CT molecular complexity index is 425. The second-order valence-corrected chi connectivity index (χ2v) is 3.38. The Morgan fingerprint density at radius 3 is 2.94 bits per heavy atom. The molecule has 1 aliphatic heterocycles. The summed E-state index contributed by atoms with van der Waals surface area (Å²) in [5, 5.41) is 0. The summed E-state index contributed by atoms with van der Waals surface area (Å²) in [4.78, 5) is 10.9. The van der Waals surface area contributed by atoms with Crippen molar-refractivity contribution in [3.05, 3.63) is 36.4 Å². The quantitative estimate of drug-likeness (QED) is 0.578. The van der Waals surface area contributed by atoms with Crippen LogP contribution in [0.3, 0.4) is 0 Å². The summed E-state index contributed by atoms with van der Waals surface area (Å²) in [5.41, 5.74) is 0.814. The van der Waals surface area contributed by atoms with Crippen LogP contribution in [0.5, 0.6) is 11.5 Å². The van der Waals surface area contributed by atoms with E-state index in [1.54, 1.807) is 18.2 Å². The highest BCUT2D eigenvalue weighted by atomic mass is 16.7. The Hall–Kier alpha value is -1.97. The van der Waals surface area contributed by atoms with Crippen molar-refractivity contribution in [2.45, 2.75) is 13.0 Å². The summed E-state index contributed by atoms with van der Waals surface area (Å²) in [5.74, 6) is 1.02. The molecule has 0 radical (unpaired) electrons. The minimum absolute atomic E-state index is 0.227. The number of fused-ring (bicyclic) bond motifs is 1. The molecular weight excluding hydrogens is 208 g/mol. The van der Waals surface area contributed by atoms with Crippen LogP contribution in [0.4, 0.5) is 0 Å². The van der Waals surface area contributed by atoms with Gasteiger partial charge in [-0.05, 0) is 18.2 Å². The molecule has 0 amide bonds. The number of esters is 1. The third kappa shape index (κ3) is 2.00. The molecule has 4 nitrogen and oxygen atoms in total. The Morgan fingerprint density at radius 1 is 1.50 bits per heavy atom. The van der Waals surface area contributed by atoms with Crippen molar-refractivity contribution in [2.75, 3.05) is 6.79 Å². The molecule has 1 aromatic rings. The second kappa shape index (κ2) is 4.26. The first kappa shape index (κ1) is 10.5. The summed E-state index contributed by atoms with van der Waals surface area (Å²) in [6.07, 6.45) is 1.12. The van der Waals surface area contributed by atoms with Gasteiger partial charge in [0.25, 0.3) is 0 Å². The van der Waals surface area contributed by atoms with E-state index in [0.717, 1.165) is 5.56 Å². The zero-order valence-electron chi connectivity index (χ0n) is 8.93. The minimum atomic E-state index is -0.452. The first-order valence-electron chi connectivity index (χ1n) is 4.90. The van der Waals surface area contributed by atoms with E-state index in [0.29, 0.717) is 11.5 Å². The first-order chi connectivity index (χ1) is 7.70. The summed E-state index contributed by atoms with van der Waals surface area (Å²) in [6.45, 7) is 5.23. The fraction of sp³-hybridized carbons (Fsp3) is 0.250. The van der Waals surface area contributed by atoms with Crippen molar-refractivity contribution in [3.8, 4) is 11.5 Å². The van der Waals surface area contributed by atoms with E-state index >= 15 is 0 Å². The monoisotopic (exact) mass is 220 g/mol. The molecule has 1 heterocycles. The minimum Gasteiger partial charge on any atom is -0.454 e. The second-order valence-electron chi connectivity index (χ2n) is 3.38. The molecule has 0 saturated carbocycles. The molecule has 0 bridgehead atoms. The summed E-state index contributed by atoms with van der Waals surface area (Å²) >= 11 is 0. The van der Waals surface area contributed by atoms with Crippen LogP contribution in [-0.4, -0.2) is 12.8 Å². The fourth-order valence-corrected chi connectivity index (χ4v) is 1.52. The molecule has 0 N–H and O–H groups in total. The maximum atomic E-state index is 10.9. The average Bonchev–Trinajstić information content (AvgIpc) is 2.72. The van der Waals surface area contributed by atoms with Gasteiger partial charge in [-0.15, -0.1) is 0 Å². The van der Waals surface area contributed by atoms with E-state index < -0.39 is 6.10 Å². The largest absolute Gasteiger partial charge is 0.454 e. The normalized spacial score (nSPS) is 14.3. The molecule has 0 fully saturated rings. The zero-order chi connectivity index (χ0) is 11.5. The highest BCUT2D eigenvalue weighted by Gasteiger charge is 2.17. The SMILES string of the molecule is C=C[C@H](OC(C)=O)c1ccc2c(c1)OCO2. The van der Waals surface area contributed by atoms with Crippen molar-refractivity contribution in [1.29, 1.82) is 0 Å². The van der Waals surface area contributed by atoms with Gasteiger partial charge in [-0.1, -0.05) is 12.6 Å². The van der Waals surface area contributed by atoms with Gasteiger partial charge < -0.3 is 14.2 Å². The topological polar surface area (TPSA) is 44.8 Å². The highest BCUT2D eigenvalue weighted by molar-refractivity contribution is 5.66. The van der Waals surface area contributed by atoms with Crippen LogP contribution in [-0.2, 0) is 9.53 Å². The van der Waals surface area contributed by atoms with Gasteiger partial charge in [-0.2, -0.15) is 0 Å². The van der Waals surface area contributed by atoms with E-state index in [1.165, 1.54) is 6.92 Å². The average molecular weight is 220 g/mol. The van der Waals surface area contributed by atoms with Gasteiger partial charge in [0.2, 0.25) is 6.79 Å². The van der Waals surface area contributed by atoms with Crippen molar-refractivity contribution in [2.24, 2.45) is 0 Å². The van der Waals surface area contributed by atoms with Gasteiger partial charge in [-0.3, -0.25) is 4.79 Å². The maximum Gasteiger partial charge on any atom is 0.303 e. The molecule has 0 aromatic heterocycles. The van der Waals surface area contributed by atoms with Crippen LogP contribution in [0.15, 0.2) is 30.9 Å². The van der Waals surface area contributed by atoms with Crippen LogP contribution in [0.2, 0.25) is 0 Å². The van der Waals surface area contributed by atoms with Crippen molar-refractivity contribution in [3.63, 3.8) is 0 Å². The Balaban J connectivity index is 2.25. The molecule has 0 aliphatic carbocycles. The lowest BCUT2D eigenvalue weighted by Crippen LogP contribution is -2.05. The summed E-state index contributed by atoms with van der Waals surface area (Å²) < 4.78 is 15.5. The lowest BCUT2D eigenvalue weighted by atomic mass is 10.1. The Kier molecular flexibility index (Phi) is 2.81. The standard InChI is InChI=1S/C12H12O4/c1-3-10(16-8(2)13)9-4-5-11-12(6-9)15-7-14-11/h3-6,10H,1,7H2,2H3/t10-/m0/s1. The van der Waals surface area contributed by atoms with Crippen LogP contribution < -0.4 is 9.47 Å². The molecule has 4 heteroatoms. The Morgan fingerprint density at radius 2 is 2.25 bits per heavy atom. The van der Waals surface area contributed by atoms with Gasteiger partial charge in [0.1, 0.15) is 6.10 Å².